The molecule has 376 valence electrons. The molecule has 13 nitrogen and oxygen atoms in total. The smallest absolute Gasteiger partial charge is 0.257 e. The highest BCUT2D eigenvalue weighted by molar-refractivity contribution is 6.75. The van der Waals surface area contributed by atoms with Gasteiger partial charge in [-0.1, -0.05) is 123 Å². The van der Waals surface area contributed by atoms with Crippen LogP contribution in [-0.2, 0) is 64.5 Å². The van der Waals surface area contributed by atoms with Crippen LogP contribution in [0.4, 0.5) is 0 Å². The van der Waals surface area contributed by atoms with E-state index in [4.69, 9.17) is 41.7 Å². The third-order valence-corrected chi connectivity index (χ3v) is 28.6. The van der Waals surface area contributed by atoms with Crippen LogP contribution in [-0.4, -0.2) is 128 Å². The molecule has 67 heavy (non-hydrogen) atoms. The molecule has 0 saturated carbocycles. The number of hydrogen-bond donors (Lipinski definition) is 1. The van der Waals surface area contributed by atoms with Gasteiger partial charge in [0.2, 0.25) is 0 Å². The van der Waals surface area contributed by atoms with Crippen LogP contribution in [0.2, 0.25) is 54.4 Å². The number of imide groups is 1. The van der Waals surface area contributed by atoms with Gasteiger partial charge >= 0.3 is 0 Å². The van der Waals surface area contributed by atoms with E-state index < -0.39 is 98.1 Å². The van der Waals surface area contributed by atoms with E-state index in [0.29, 0.717) is 6.61 Å². The maximum atomic E-state index is 13.8. The molecule has 3 aliphatic heterocycles. The van der Waals surface area contributed by atoms with Crippen molar-refractivity contribution < 1.29 is 56.4 Å². The zero-order valence-corrected chi connectivity index (χ0v) is 46.8. The lowest BCUT2D eigenvalue weighted by Crippen LogP contribution is -2.71. The second-order valence-electron chi connectivity index (χ2n) is 23.2. The normalized spacial score (nSPS) is 28.4. The van der Waals surface area contributed by atoms with Gasteiger partial charge in [-0.2, -0.15) is 0 Å². The van der Waals surface area contributed by atoms with Crippen molar-refractivity contribution in [2.24, 2.45) is 0 Å². The Morgan fingerprint density at radius 1 is 0.567 bits per heavy atom. The van der Waals surface area contributed by atoms with Crippen molar-refractivity contribution in [1.82, 2.24) is 4.90 Å². The fourth-order valence-electron chi connectivity index (χ4n) is 7.69. The van der Waals surface area contributed by atoms with E-state index in [1.165, 1.54) is 7.11 Å². The summed E-state index contributed by atoms with van der Waals surface area (Å²) in [7, 11) is -6.48. The highest BCUT2D eigenvalue weighted by Gasteiger charge is 2.60. The third kappa shape index (κ3) is 12.7. The Labute approximate surface area is 404 Å². The largest absolute Gasteiger partial charge is 0.408 e. The number of carbonyl (C=O) groups excluding carboxylic acids is 2. The molecular weight excluding hydrogens is 903 g/mol. The van der Waals surface area contributed by atoms with Gasteiger partial charge in [-0.15, -0.1) is 0 Å². The predicted octanol–water partition coefficient (Wildman–Crippen LogP) is 9.51. The topological polar surface area (TPSA) is 141 Å². The molecule has 2 aromatic carbocycles. The van der Waals surface area contributed by atoms with Gasteiger partial charge in [-0.05, 0) is 79.4 Å². The van der Waals surface area contributed by atoms with Gasteiger partial charge in [0.05, 0.1) is 26.4 Å². The fourth-order valence-corrected chi connectivity index (χ4v) is 11.6. The van der Waals surface area contributed by atoms with Crippen LogP contribution in [0.1, 0.15) is 87.3 Å². The van der Waals surface area contributed by atoms with Crippen LogP contribution in [0, 0.1) is 0 Å². The summed E-state index contributed by atoms with van der Waals surface area (Å²) in [6.45, 7) is 37.0. The predicted molar refractivity (Wildman–Crippen MR) is 268 cm³/mol. The number of benzene rings is 2. The van der Waals surface area contributed by atoms with E-state index >= 15 is 0 Å². The molecule has 2 saturated heterocycles. The van der Waals surface area contributed by atoms with Crippen LogP contribution in [0.3, 0.4) is 0 Å². The van der Waals surface area contributed by atoms with Crippen molar-refractivity contribution in [3.63, 3.8) is 0 Å². The van der Waals surface area contributed by atoms with Crippen molar-refractivity contribution in [3.05, 3.63) is 82.9 Å². The Kier molecular flexibility index (Phi) is 17.8. The Morgan fingerprint density at radius 2 is 0.940 bits per heavy atom. The Hall–Kier alpha value is -2.43. The van der Waals surface area contributed by atoms with Crippen LogP contribution >= 0.6 is 0 Å². The van der Waals surface area contributed by atoms with E-state index in [9.17, 15) is 14.7 Å². The fraction of sp³-hybridized carbons (Fsp3) is 0.686. The number of hydrogen-bond acceptors (Lipinski definition) is 12. The first-order chi connectivity index (χ1) is 30.9. The lowest BCUT2D eigenvalue weighted by atomic mass is 9.94. The minimum absolute atomic E-state index is 0.0352. The van der Waals surface area contributed by atoms with Crippen molar-refractivity contribution in [1.29, 1.82) is 0 Å². The van der Waals surface area contributed by atoms with E-state index in [0.717, 1.165) is 16.0 Å². The summed E-state index contributed by atoms with van der Waals surface area (Å²) in [5, 5.41) is 12.2. The molecule has 1 N–H and O–H groups in total. The Morgan fingerprint density at radius 3 is 1.34 bits per heavy atom. The highest BCUT2D eigenvalue weighted by Crippen LogP contribution is 2.47. The first-order valence-corrected chi connectivity index (χ1v) is 32.6. The number of carbonyl (C=O) groups is 2. The van der Waals surface area contributed by atoms with Crippen LogP contribution < -0.4 is 0 Å². The Balaban J connectivity index is 1.68. The number of nitrogens with zero attached hydrogens (tertiary/aromatic N) is 1. The maximum absolute atomic E-state index is 13.8. The summed E-state index contributed by atoms with van der Waals surface area (Å²) >= 11 is 0. The lowest BCUT2D eigenvalue weighted by Gasteiger charge is -2.55. The summed E-state index contributed by atoms with van der Waals surface area (Å²) in [5.74, 6) is -1.07. The number of amides is 2. The maximum Gasteiger partial charge on any atom is 0.257 e. The first-order valence-electron chi connectivity index (χ1n) is 23.9. The van der Waals surface area contributed by atoms with Gasteiger partial charge in [0, 0.05) is 18.3 Å². The van der Waals surface area contributed by atoms with Crippen molar-refractivity contribution in [2.75, 3.05) is 20.3 Å². The number of aliphatic hydroxyl groups is 1. The molecule has 10 atom stereocenters. The quantitative estimate of drug-likeness (QED) is 0.112. The molecule has 16 heteroatoms. The van der Waals surface area contributed by atoms with E-state index in [1.54, 1.807) is 13.8 Å². The van der Waals surface area contributed by atoms with Gasteiger partial charge < -0.3 is 46.8 Å². The molecule has 0 spiro atoms. The number of aliphatic hydroxyl groups excluding tert-OH is 1. The van der Waals surface area contributed by atoms with Crippen LogP contribution in [0.15, 0.2) is 71.8 Å². The van der Waals surface area contributed by atoms with E-state index in [2.05, 4.69) is 102 Å². The number of methoxy groups -OCH3 is 1. The van der Waals surface area contributed by atoms with Crippen molar-refractivity contribution in [3.8, 4) is 0 Å². The molecule has 3 heterocycles. The molecule has 2 amide bonds. The Bertz CT molecular complexity index is 1970. The zero-order chi connectivity index (χ0) is 50.1. The zero-order valence-electron chi connectivity index (χ0n) is 43.8. The third-order valence-electron chi connectivity index (χ3n) is 15.2. The molecule has 0 bridgehead atoms. The first kappa shape index (κ1) is 55.5. The lowest BCUT2D eigenvalue weighted by molar-refractivity contribution is -0.347. The SMILES string of the molecule is CO[C@@H]1O[C@H](COCc2ccccc2)[C@@H](O[C@@H]2O[C@H](COCc3ccccc3)[C@@H](O[Si](C)(C)C(C)(C)C)[C@H](O[Si](C)(C)C(C)(C)C)[C@H]2O[Si](C)(C)C(C)(C)C)[C@H](O)[C@H]1N1C(=O)C(C)=C(C)C1=O. The van der Waals surface area contributed by atoms with Crippen molar-refractivity contribution in [2.45, 2.75) is 205 Å². The van der Waals surface area contributed by atoms with Crippen LogP contribution in [0.5, 0.6) is 0 Å². The minimum atomic E-state index is -2.70. The van der Waals surface area contributed by atoms with E-state index in [1.807, 2.05) is 60.7 Å². The summed E-state index contributed by atoms with van der Waals surface area (Å²) < 4.78 is 62.5. The summed E-state index contributed by atoms with van der Waals surface area (Å²) in [4.78, 5) is 28.7. The van der Waals surface area contributed by atoms with Gasteiger partial charge in [-0.3, -0.25) is 14.5 Å². The standard InChI is InChI=1S/C51H83NO12Si3/c1-33-34(2)46(55)52(45(33)54)39-40(53)41(37(59-47(39)56-12)31-57-29-35-25-21-19-22-26-35)61-48-44(64-67(17,18)51(9,10)11)43(63-66(15,16)50(6,7)8)42(62-65(13,14)49(3,4)5)38(60-48)32-58-30-36-27-23-20-24-28-36/h19-28,37-44,47-48,53H,29-32H2,1-18H3/t37-,38-,39-,40-,41-,42-,43+,44-,47-,48+/m1/s1. The van der Waals surface area contributed by atoms with Gasteiger partial charge in [-0.25, -0.2) is 0 Å². The van der Waals surface area contributed by atoms with Crippen molar-refractivity contribution >= 4 is 36.8 Å². The average molecular weight is 986 g/mol. The molecule has 2 aromatic rings. The molecule has 0 radical (unpaired) electrons. The van der Waals surface area contributed by atoms with E-state index in [-0.39, 0.29) is 46.1 Å². The average Bonchev–Trinajstić information content (AvgIpc) is 3.41. The van der Waals surface area contributed by atoms with Crippen LogP contribution in [0.25, 0.3) is 0 Å². The molecule has 3 aliphatic rings. The van der Waals surface area contributed by atoms with Gasteiger partial charge in [0.25, 0.3) is 11.8 Å². The molecule has 0 aliphatic carbocycles. The summed E-state index contributed by atoms with van der Waals surface area (Å²) in [6, 6.07) is 18.4. The summed E-state index contributed by atoms with van der Waals surface area (Å²) in [6.07, 6.45) is -9.12. The minimum Gasteiger partial charge on any atom is -0.408 e. The second kappa shape index (κ2) is 21.5. The summed E-state index contributed by atoms with van der Waals surface area (Å²) in [5.41, 5.74) is 2.52. The number of rotatable bonds is 18. The molecule has 5 rings (SSSR count). The second-order valence-corrected chi connectivity index (χ2v) is 37.4. The molecule has 0 aromatic heterocycles. The highest BCUT2D eigenvalue weighted by atomic mass is 28.4. The number of ether oxygens (including phenoxy) is 6. The molecular formula is C51H83NO12Si3. The van der Waals surface area contributed by atoms with Gasteiger partial charge in [0.1, 0.15) is 48.8 Å². The molecule has 2 fully saturated rings. The monoisotopic (exact) mass is 986 g/mol. The van der Waals surface area contributed by atoms with Gasteiger partial charge in [0.15, 0.2) is 37.5 Å². The molecule has 0 unspecified atom stereocenters.